The van der Waals surface area contributed by atoms with Crippen molar-refractivity contribution in [3.8, 4) is 0 Å². The second kappa shape index (κ2) is 12.8. The Labute approximate surface area is 266 Å². The van der Waals surface area contributed by atoms with Crippen LogP contribution in [0.15, 0.2) is 24.4 Å². The molecule has 7 nitrogen and oxygen atoms in total. The van der Waals surface area contributed by atoms with Gasteiger partial charge in [-0.3, -0.25) is 14.3 Å². The highest BCUT2D eigenvalue weighted by molar-refractivity contribution is 6.36. The van der Waals surface area contributed by atoms with Gasteiger partial charge >= 0.3 is 12.1 Å². The maximum absolute atomic E-state index is 14.7. The van der Waals surface area contributed by atoms with Crippen molar-refractivity contribution < 1.29 is 32.6 Å². The third-order valence-electron chi connectivity index (χ3n) is 10.1. The number of carbonyl (C=O) groups is 2. The summed E-state index contributed by atoms with van der Waals surface area (Å²) in [6, 6.07) is 4.13. The van der Waals surface area contributed by atoms with E-state index in [0.29, 0.717) is 18.3 Å². The number of hydrogen-bond acceptors (Lipinski definition) is 5. The number of carbonyl (C=O) groups excluding carboxylic acids is 2. The van der Waals surface area contributed by atoms with Gasteiger partial charge in [0.1, 0.15) is 0 Å². The van der Waals surface area contributed by atoms with E-state index in [9.17, 15) is 27.9 Å². The van der Waals surface area contributed by atoms with Crippen molar-refractivity contribution in [2.24, 2.45) is 16.7 Å². The van der Waals surface area contributed by atoms with Crippen molar-refractivity contribution in [2.75, 3.05) is 19.7 Å². The third kappa shape index (κ3) is 6.92. The van der Waals surface area contributed by atoms with Gasteiger partial charge in [-0.1, -0.05) is 29.3 Å². The summed E-state index contributed by atoms with van der Waals surface area (Å²) in [7, 11) is 0. The van der Waals surface area contributed by atoms with E-state index in [1.807, 2.05) is 0 Å². The Morgan fingerprint density at radius 3 is 2.25 bits per heavy atom. The van der Waals surface area contributed by atoms with Crippen molar-refractivity contribution in [1.29, 1.82) is 0 Å². The lowest BCUT2D eigenvalue weighted by molar-refractivity contribution is -0.157. The first-order valence-electron chi connectivity index (χ1n) is 15.5. The van der Waals surface area contributed by atoms with Crippen LogP contribution in [0.5, 0.6) is 0 Å². The van der Waals surface area contributed by atoms with Crippen LogP contribution in [0.2, 0.25) is 10.0 Å². The number of halogens is 5. The molecule has 1 spiro atoms. The van der Waals surface area contributed by atoms with Crippen LogP contribution < -0.4 is 0 Å². The largest absolute Gasteiger partial charge is 0.466 e. The average Bonchev–Trinajstić information content (AvgIpc) is 3.56. The molecule has 12 heteroatoms. The first-order chi connectivity index (χ1) is 20.8. The zero-order valence-electron chi connectivity index (χ0n) is 25.1. The summed E-state index contributed by atoms with van der Waals surface area (Å²) >= 11 is 12.7. The molecule has 242 valence electrons. The highest BCUT2D eigenvalue weighted by atomic mass is 35.5. The fourth-order valence-corrected chi connectivity index (χ4v) is 7.72. The molecule has 3 aliphatic rings. The van der Waals surface area contributed by atoms with Crippen LogP contribution in [0, 0.1) is 16.7 Å². The highest BCUT2D eigenvalue weighted by Gasteiger charge is 2.47. The number of ether oxygens (including phenoxy) is 1. The molecule has 44 heavy (non-hydrogen) atoms. The Hall–Kier alpha value is -2.30. The van der Waals surface area contributed by atoms with Gasteiger partial charge in [-0.05, 0) is 102 Å². The lowest BCUT2D eigenvalue weighted by Gasteiger charge is -2.36. The molecule has 1 atom stereocenters. The quantitative estimate of drug-likeness (QED) is 0.276. The Kier molecular flexibility index (Phi) is 9.65. The third-order valence-corrected chi connectivity index (χ3v) is 10.7. The predicted octanol–water partition coefficient (Wildman–Crippen LogP) is 8.04. The van der Waals surface area contributed by atoms with Gasteiger partial charge < -0.3 is 14.7 Å². The van der Waals surface area contributed by atoms with E-state index in [1.165, 1.54) is 17.7 Å². The summed E-state index contributed by atoms with van der Waals surface area (Å²) < 4.78 is 50.2. The molecule has 1 N–H and O–H groups in total. The number of rotatable bonds is 9. The molecule has 0 saturated heterocycles. The van der Waals surface area contributed by atoms with Crippen LogP contribution in [0.1, 0.15) is 112 Å². The Balaban J connectivity index is 1.41. The second-order valence-corrected chi connectivity index (χ2v) is 14.0. The summed E-state index contributed by atoms with van der Waals surface area (Å²) in [6.45, 7) is 3.66. The normalized spacial score (nSPS) is 24.2. The average molecular weight is 659 g/mol. The fraction of sp³-hybridized carbons (Fsp3) is 0.656. The molecule has 1 aromatic heterocycles. The summed E-state index contributed by atoms with van der Waals surface area (Å²) in [4.78, 5) is 27.9. The van der Waals surface area contributed by atoms with Gasteiger partial charge in [-0.2, -0.15) is 18.3 Å². The second-order valence-electron chi connectivity index (χ2n) is 13.2. The van der Waals surface area contributed by atoms with E-state index in [1.54, 1.807) is 32.0 Å². The molecule has 1 heterocycles. The molecule has 3 saturated carbocycles. The smallest absolute Gasteiger partial charge is 0.433 e. The van der Waals surface area contributed by atoms with Crippen LogP contribution in [0.3, 0.4) is 0 Å². The lowest BCUT2D eigenvalue weighted by Crippen LogP contribution is -2.40. The first kappa shape index (κ1) is 33.1. The molecule has 5 rings (SSSR count). The lowest BCUT2D eigenvalue weighted by atomic mass is 9.74. The SMILES string of the molecule is CCOC(=O)C1(C)CCC(n2ncc(C(=O)N(CC3CCC4(CC3)CC4)CC(O)c3c(Cl)cccc3Cl)c2C(F)(F)F)CC1. The predicted molar refractivity (Wildman–Crippen MR) is 160 cm³/mol. The Morgan fingerprint density at radius 1 is 1.09 bits per heavy atom. The molecular formula is C32H40Cl2F3N3O4. The zero-order chi connectivity index (χ0) is 31.9. The first-order valence-corrected chi connectivity index (χ1v) is 16.3. The molecule has 3 aliphatic carbocycles. The van der Waals surface area contributed by atoms with E-state index in [2.05, 4.69) is 5.10 Å². The molecule has 3 fully saturated rings. The van der Waals surface area contributed by atoms with Gasteiger partial charge in [-0.25, -0.2) is 0 Å². The minimum Gasteiger partial charge on any atom is -0.466 e. The van der Waals surface area contributed by atoms with Crippen LogP contribution in [-0.4, -0.2) is 51.4 Å². The Bertz CT molecular complexity index is 1340. The number of benzene rings is 1. The number of esters is 1. The zero-order valence-corrected chi connectivity index (χ0v) is 26.6. The van der Waals surface area contributed by atoms with Crippen molar-refractivity contribution in [2.45, 2.75) is 96.4 Å². The standard InChI is InChI=1S/C32H40Cl2F3N3O4/c1-3-44-29(43)30(2)11-9-21(10-12-30)40-27(32(35,36)37)22(17-38-40)28(42)39(18-20-7-13-31(14-8-20)15-16-31)19-25(41)26-23(33)5-4-6-24(26)34/h4-6,17,20-21,25,41H,3,7-16,18-19H2,1-2H3. The number of aliphatic hydroxyl groups excluding tert-OH is 1. The van der Waals surface area contributed by atoms with E-state index in [0.717, 1.165) is 36.6 Å². The Morgan fingerprint density at radius 2 is 1.70 bits per heavy atom. The molecule has 0 radical (unpaired) electrons. The summed E-state index contributed by atoms with van der Waals surface area (Å²) in [5.74, 6) is -1.10. The van der Waals surface area contributed by atoms with Crippen LogP contribution in [0.25, 0.3) is 0 Å². The van der Waals surface area contributed by atoms with E-state index >= 15 is 0 Å². The van der Waals surface area contributed by atoms with Crippen molar-refractivity contribution >= 4 is 35.1 Å². The summed E-state index contributed by atoms with van der Waals surface area (Å²) in [6.07, 6.45) is 2.33. The minimum atomic E-state index is -4.86. The molecule has 2 aromatic rings. The van der Waals surface area contributed by atoms with Gasteiger partial charge in [-0.15, -0.1) is 0 Å². The van der Waals surface area contributed by atoms with Crippen LogP contribution in [0.4, 0.5) is 13.2 Å². The van der Waals surface area contributed by atoms with Crippen molar-refractivity contribution in [1.82, 2.24) is 14.7 Å². The number of aromatic nitrogens is 2. The van der Waals surface area contributed by atoms with E-state index in [-0.39, 0.29) is 60.0 Å². The highest BCUT2D eigenvalue weighted by Crippen LogP contribution is 2.57. The van der Waals surface area contributed by atoms with Crippen LogP contribution >= 0.6 is 23.2 Å². The summed E-state index contributed by atoms with van der Waals surface area (Å²) in [5.41, 5.74) is -1.80. The van der Waals surface area contributed by atoms with Gasteiger partial charge in [0.05, 0.1) is 42.5 Å². The monoisotopic (exact) mass is 657 g/mol. The van der Waals surface area contributed by atoms with Crippen molar-refractivity contribution in [3.63, 3.8) is 0 Å². The molecule has 1 aromatic carbocycles. The van der Waals surface area contributed by atoms with Gasteiger partial charge in [0.15, 0.2) is 5.69 Å². The topological polar surface area (TPSA) is 84.7 Å². The maximum atomic E-state index is 14.7. The molecule has 0 bridgehead atoms. The van der Waals surface area contributed by atoms with Gasteiger partial charge in [0, 0.05) is 22.2 Å². The molecule has 1 unspecified atom stereocenters. The van der Waals surface area contributed by atoms with Crippen molar-refractivity contribution in [3.05, 3.63) is 51.3 Å². The molecule has 0 aliphatic heterocycles. The molecular weight excluding hydrogens is 618 g/mol. The maximum Gasteiger partial charge on any atom is 0.433 e. The van der Waals surface area contributed by atoms with E-state index in [4.69, 9.17) is 27.9 Å². The number of alkyl halides is 3. The number of hydrogen-bond donors (Lipinski definition) is 1. The van der Waals surface area contributed by atoms with Gasteiger partial charge in [0.25, 0.3) is 5.91 Å². The number of amides is 1. The minimum absolute atomic E-state index is 0.0994. The summed E-state index contributed by atoms with van der Waals surface area (Å²) in [5, 5.41) is 15.7. The molecule has 1 amide bonds. The number of aliphatic hydroxyl groups is 1. The van der Waals surface area contributed by atoms with E-state index < -0.39 is 40.9 Å². The van der Waals surface area contributed by atoms with Crippen LogP contribution in [-0.2, 0) is 15.7 Å². The number of nitrogens with zero attached hydrogens (tertiary/aromatic N) is 3. The fourth-order valence-electron chi connectivity index (χ4n) is 7.07. The van der Waals surface area contributed by atoms with Gasteiger partial charge in [0.2, 0.25) is 0 Å².